The summed E-state index contributed by atoms with van der Waals surface area (Å²) in [4.78, 5) is 18.4. The molecule has 0 atom stereocenters. The molecule has 0 unspecified atom stereocenters. The molecule has 0 saturated heterocycles. The van der Waals surface area contributed by atoms with E-state index in [1.165, 1.54) is 35.6 Å². The van der Waals surface area contributed by atoms with Crippen LogP contribution in [0, 0.1) is 5.82 Å². The molecule has 1 heterocycles. The van der Waals surface area contributed by atoms with Crippen molar-refractivity contribution in [1.29, 1.82) is 0 Å². The average molecular weight is 438 g/mol. The number of halogens is 1. The van der Waals surface area contributed by atoms with Crippen molar-refractivity contribution in [2.24, 2.45) is 0 Å². The van der Waals surface area contributed by atoms with Gasteiger partial charge in [0.2, 0.25) is 5.78 Å². The second-order valence-electron chi connectivity index (χ2n) is 6.70. The van der Waals surface area contributed by atoms with Crippen LogP contribution in [0.1, 0.15) is 15.4 Å². The Kier molecular flexibility index (Phi) is 5.32. The molecule has 0 bridgehead atoms. The number of ketones is 1. The molecule has 0 saturated carbocycles. The topological polar surface area (TPSA) is 64.1 Å². The Morgan fingerprint density at radius 2 is 1.47 bits per heavy atom. The van der Waals surface area contributed by atoms with Gasteiger partial charge >= 0.3 is 0 Å². The number of carbonyl (C=O) groups is 1. The Bertz CT molecular complexity index is 1310. The summed E-state index contributed by atoms with van der Waals surface area (Å²) in [6.45, 7) is 0. The molecule has 0 aliphatic carbocycles. The van der Waals surface area contributed by atoms with Crippen LogP contribution in [-0.4, -0.2) is 25.4 Å². The van der Waals surface area contributed by atoms with E-state index < -0.39 is 9.84 Å². The Labute approximate surface area is 177 Å². The fraction of sp³-hybridized carbons (Fsp3) is 0.0435. The highest BCUT2D eigenvalue weighted by Gasteiger charge is 2.21. The highest BCUT2D eigenvalue weighted by molar-refractivity contribution is 7.90. The largest absolute Gasteiger partial charge is 0.286 e. The molecular formula is C23H16FNO3S2. The van der Waals surface area contributed by atoms with Gasteiger partial charge in [0.15, 0.2) is 14.8 Å². The monoisotopic (exact) mass is 437 g/mol. The summed E-state index contributed by atoms with van der Waals surface area (Å²) in [7, 11) is -3.33. The standard InChI is InChI=1S/C23H16FNO3S2/c1-30(27,28)19-13-9-15(10-14-19)20-22(17-7-11-18(24)12-8-17)29-23(25-20)21(26)16-5-3-2-4-6-16/h2-14H,1H3. The van der Waals surface area contributed by atoms with Gasteiger partial charge < -0.3 is 0 Å². The highest BCUT2D eigenvalue weighted by Crippen LogP contribution is 2.38. The van der Waals surface area contributed by atoms with Crippen LogP contribution in [0.25, 0.3) is 21.7 Å². The molecule has 0 spiro atoms. The molecule has 4 nitrogen and oxygen atoms in total. The van der Waals surface area contributed by atoms with Gasteiger partial charge in [-0.1, -0.05) is 54.6 Å². The first-order valence-electron chi connectivity index (χ1n) is 9.00. The molecule has 7 heteroatoms. The highest BCUT2D eigenvalue weighted by atomic mass is 32.2. The summed E-state index contributed by atoms with van der Waals surface area (Å²) in [5.41, 5.74) is 2.47. The number of carbonyl (C=O) groups excluding carboxylic acids is 1. The van der Waals surface area contributed by atoms with Gasteiger partial charge in [0.25, 0.3) is 0 Å². The lowest BCUT2D eigenvalue weighted by atomic mass is 10.1. The summed E-state index contributed by atoms with van der Waals surface area (Å²) >= 11 is 1.22. The number of hydrogen-bond acceptors (Lipinski definition) is 5. The van der Waals surface area contributed by atoms with E-state index in [0.717, 1.165) is 11.8 Å². The lowest BCUT2D eigenvalue weighted by Crippen LogP contribution is -2.00. The van der Waals surface area contributed by atoms with Crippen LogP contribution in [0.15, 0.2) is 83.8 Å². The molecule has 0 N–H and O–H groups in total. The van der Waals surface area contributed by atoms with Crippen molar-refractivity contribution in [3.8, 4) is 21.7 Å². The van der Waals surface area contributed by atoms with Crippen LogP contribution in [0.2, 0.25) is 0 Å². The van der Waals surface area contributed by atoms with E-state index in [4.69, 9.17) is 0 Å². The fourth-order valence-electron chi connectivity index (χ4n) is 2.98. The number of nitrogens with zero attached hydrogens (tertiary/aromatic N) is 1. The number of sulfone groups is 1. The third kappa shape index (κ3) is 4.08. The molecule has 4 rings (SSSR count). The van der Waals surface area contributed by atoms with Crippen LogP contribution >= 0.6 is 11.3 Å². The molecule has 4 aromatic rings. The van der Waals surface area contributed by atoms with Crippen molar-refractivity contribution in [2.75, 3.05) is 6.26 Å². The number of benzene rings is 3. The van der Waals surface area contributed by atoms with Crippen molar-refractivity contribution in [3.05, 3.63) is 95.3 Å². The number of hydrogen-bond donors (Lipinski definition) is 0. The zero-order valence-electron chi connectivity index (χ0n) is 15.9. The molecule has 0 amide bonds. The smallest absolute Gasteiger partial charge is 0.221 e. The summed E-state index contributed by atoms with van der Waals surface area (Å²) in [6, 6.07) is 21.2. The van der Waals surface area contributed by atoms with Crippen LogP contribution in [-0.2, 0) is 9.84 Å². The maximum atomic E-state index is 13.4. The van der Waals surface area contributed by atoms with Gasteiger partial charge in [-0.3, -0.25) is 4.79 Å². The Morgan fingerprint density at radius 3 is 2.07 bits per heavy atom. The second-order valence-corrected chi connectivity index (χ2v) is 9.71. The lowest BCUT2D eigenvalue weighted by Gasteiger charge is -2.04. The van der Waals surface area contributed by atoms with Gasteiger partial charge in [0, 0.05) is 17.4 Å². The van der Waals surface area contributed by atoms with E-state index in [2.05, 4.69) is 4.98 Å². The molecule has 1 aromatic heterocycles. The molecule has 3 aromatic carbocycles. The number of aromatic nitrogens is 1. The van der Waals surface area contributed by atoms with E-state index in [1.54, 1.807) is 48.5 Å². The van der Waals surface area contributed by atoms with Crippen molar-refractivity contribution in [1.82, 2.24) is 4.98 Å². The predicted molar refractivity (Wildman–Crippen MR) is 116 cm³/mol. The third-order valence-electron chi connectivity index (χ3n) is 4.52. The molecule has 0 fully saturated rings. The molecule has 0 radical (unpaired) electrons. The van der Waals surface area contributed by atoms with Gasteiger partial charge in [-0.2, -0.15) is 0 Å². The van der Waals surface area contributed by atoms with E-state index in [-0.39, 0.29) is 16.5 Å². The number of thiazole rings is 1. The van der Waals surface area contributed by atoms with E-state index >= 15 is 0 Å². The first kappa shape index (κ1) is 20.1. The third-order valence-corrected chi connectivity index (χ3v) is 6.75. The number of rotatable bonds is 5. The Morgan fingerprint density at radius 1 is 0.867 bits per heavy atom. The maximum absolute atomic E-state index is 13.4. The molecule has 30 heavy (non-hydrogen) atoms. The van der Waals surface area contributed by atoms with Crippen molar-refractivity contribution in [2.45, 2.75) is 4.90 Å². The predicted octanol–water partition coefficient (Wildman–Crippen LogP) is 5.25. The van der Waals surface area contributed by atoms with Gasteiger partial charge in [-0.25, -0.2) is 17.8 Å². The molecular weight excluding hydrogens is 421 g/mol. The van der Waals surface area contributed by atoms with Crippen molar-refractivity contribution >= 4 is 27.0 Å². The van der Waals surface area contributed by atoms with E-state index in [0.29, 0.717) is 26.7 Å². The summed E-state index contributed by atoms with van der Waals surface area (Å²) in [5.74, 6) is -0.564. The lowest BCUT2D eigenvalue weighted by molar-refractivity contribution is 0.103. The summed E-state index contributed by atoms with van der Waals surface area (Å²) in [5, 5.41) is 0.308. The van der Waals surface area contributed by atoms with Crippen LogP contribution in [0.4, 0.5) is 4.39 Å². The Balaban J connectivity index is 1.84. The van der Waals surface area contributed by atoms with Crippen LogP contribution < -0.4 is 0 Å². The maximum Gasteiger partial charge on any atom is 0.221 e. The normalized spacial score (nSPS) is 11.4. The zero-order valence-corrected chi connectivity index (χ0v) is 17.5. The van der Waals surface area contributed by atoms with Gasteiger partial charge in [0.05, 0.1) is 15.5 Å². The first-order chi connectivity index (χ1) is 14.3. The SMILES string of the molecule is CS(=O)(=O)c1ccc(-c2nc(C(=O)c3ccccc3)sc2-c2ccc(F)cc2)cc1. The zero-order chi connectivity index (χ0) is 21.3. The molecule has 0 aliphatic rings. The summed E-state index contributed by atoms with van der Waals surface area (Å²) < 4.78 is 36.9. The minimum atomic E-state index is -3.33. The minimum Gasteiger partial charge on any atom is -0.286 e. The van der Waals surface area contributed by atoms with Crippen LogP contribution in [0.3, 0.4) is 0 Å². The van der Waals surface area contributed by atoms with Gasteiger partial charge in [-0.15, -0.1) is 11.3 Å². The fourth-order valence-corrected chi connectivity index (χ4v) is 4.67. The second kappa shape index (κ2) is 7.93. The summed E-state index contributed by atoms with van der Waals surface area (Å²) in [6.07, 6.45) is 1.14. The molecule has 0 aliphatic heterocycles. The van der Waals surface area contributed by atoms with E-state index in [9.17, 15) is 17.6 Å². The van der Waals surface area contributed by atoms with Crippen molar-refractivity contribution < 1.29 is 17.6 Å². The van der Waals surface area contributed by atoms with Gasteiger partial charge in [0.1, 0.15) is 5.82 Å². The average Bonchev–Trinajstić information content (AvgIpc) is 3.19. The quantitative estimate of drug-likeness (QED) is 0.400. The van der Waals surface area contributed by atoms with Crippen LogP contribution in [0.5, 0.6) is 0 Å². The van der Waals surface area contributed by atoms with E-state index in [1.807, 2.05) is 6.07 Å². The van der Waals surface area contributed by atoms with Gasteiger partial charge in [-0.05, 0) is 29.8 Å². The minimum absolute atomic E-state index is 0.199. The molecule has 150 valence electrons. The van der Waals surface area contributed by atoms with Crippen molar-refractivity contribution in [3.63, 3.8) is 0 Å². The Hall–Kier alpha value is -3.16. The first-order valence-corrected chi connectivity index (χ1v) is 11.7.